The molecule has 3 aromatic rings. The van der Waals surface area contributed by atoms with E-state index in [1.165, 1.54) is 34.8 Å². The first-order chi connectivity index (χ1) is 17.8. The third-order valence-electron chi connectivity index (χ3n) is 6.77. The van der Waals surface area contributed by atoms with Gasteiger partial charge in [0.05, 0.1) is 22.0 Å². The van der Waals surface area contributed by atoms with Crippen LogP contribution in [0.5, 0.6) is 0 Å². The number of nitrogens with zero attached hydrogens (tertiary/aromatic N) is 1. The molecule has 3 N–H and O–H groups in total. The molecule has 1 fully saturated rings. The van der Waals surface area contributed by atoms with Crippen LogP contribution in [0.3, 0.4) is 0 Å². The maximum Gasteiger partial charge on any atom is 0.349 e. The highest BCUT2D eigenvalue weighted by Crippen LogP contribution is 2.38. The summed E-state index contributed by atoms with van der Waals surface area (Å²) in [6, 6.07) is 11.5. The van der Waals surface area contributed by atoms with Gasteiger partial charge in [0.25, 0.3) is 0 Å². The van der Waals surface area contributed by atoms with E-state index in [1.54, 1.807) is 30.3 Å². The summed E-state index contributed by atoms with van der Waals surface area (Å²) >= 11 is 2.64. The highest BCUT2D eigenvalue weighted by molar-refractivity contribution is 7.12. The van der Waals surface area contributed by atoms with Crippen LogP contribution in [0.2, 0.25) is 0 Å². The number of anilines is 1. The van der Waals surface area contributed by atoms with Crippen LogP contribution in [0.1, 0.15) is 47.4 Å². The van der Waals surface area contributed by atoms with Crippen molar-refractivity contribution in [3.8, 4) is 0 Å². The topological polar surface area (TPSA) is 99.1 Å². The van der Waals surface area contributed by atoms with Crippen LogP contribution in [0.25, 0.3) is 0 Å². The number of rotatable bonds is 10. The van der Waals surface area contributed by atoms with Gasteiger partial charge in [-0.1, -0.05) is 18.2 Å². The maximum absolute atomic E-state index is 14.1. The molecule has 0 saturated heterocycles. The SMILES string of the molecule is CN(CCC(=O)Nc1ccc(CO)cc1F)[C@H]1CC[C@H](OC(=O)C(O)(c2cccs2)c2cccs2)CC1. The van der Waals surface area contributed by atoms with Crippen molar-refractivity contribution in [2.75, 3.05) is 18.9 Å². The summed E-state index contributed by atoms with van der Waals surface area (Å²) < 4.78 is 19.9. The predicted octanol–water partition coefficient (Wildman–Crippen LogP) is 4.49. The fourth-order valence-corrected chi connectivity index (χ4v) is 6.28. The largest absolute Gasteiger partial charge is 0.460 e. The van der Waals surface area contributed by atoms with Gasteiger partial charge in [0, 0.05) is 19.0 Å². The van der Waals surface area contributed by atoms with E-state index >= 15 is 0 Å². The molecule has 0 aliphatic heterocycles. The van der Waals surface area contributed by atoms with Gasteiger partial charge in [-0.25, -0.2) is 9.18 Å². The van der Waals surface area contributed by atoms with Crippen LogP contribution in [0.15, 0.2) is 53.2 Å². The number of hydrogen-bond acceptors (Lipinski definition) is 8. The van der Waals surface area contributed by atoms with Crippen LogP contribution in [-0.4, -0.2) is 52.7 Å². The van der Waals surface area contributed by atoms with Gasteiger partial charge in [0.1, 0.15) is 11.9 Å². The smallest absolute Gasteiger partial charge is 0.349 e. The minimum atomic E-state index is -1.80. The molecule has 1 amide bonds. The molecule has 0 bridgehead atoms. The summed E-state index contributed by atoms with van der Waals surface area (Å²) in [5.41, 5.74) is -1.27. The zero-order chi connectivity index (χ0) is 26.4. The van der Waals surface area contributed by atoms with Crippen molar-refractivity contribution in [1.82, 2.24) is 4.90 Å². The number of thiophene rings is 2. The molecule has 37 heavy (non-hydrogen) atoms. The van der Waals surface area contributed by atoms with Crippen LogP contribution >= 0.6 is 22.7 Å². The Morgan fingerprint density at radius 2 is 1.76 bits per heavy atom. The van der Waals surface area contributed by atoms with Gasteiger partial charge in [0.2, 0.25) is 11.5 Å². The van der Waals surface area contributed by atoms with Gasteiger partial charge < -0.3 is 25.2 Å². The second-order valence-corrected chi connectivity index (χ2v) is 11.1. The molecule has 1 aliphatic carbocycles. The molecule has 2 heterocycles. The molecule has 2 aromatic heterocycles. The van der Waals surface area contributed by atoms with E-state index in [2.05, 4.69) is 10.2 Å². The molecule has 0 atom stereocenters. The Balaban J connectivity index is 1.25. The van der Waals surface area contributed by atoms with Gasteiger partial charge >= 0.3 is 5.97 Å². The first-order valence-corrected chi connectivity index (χ1v) is 14.0. The highest BCUT2D eigenvalue weighted by Gasteiger charge is 2.45. The van der Waals surface area contributed by atoms with Crippen molar-refractivity contribution < 1.29 is 28.9 Å². The van der Waals surface area contributed by atoms with E-state index < -0.39 is 17.4 Å². The van der Waals surface area contributed by atoms with Crippen molar-refractivity contribution in [3.63, 3.8) is 0 Å². The number of benzene rings is 1. The third kappa shape index (κ3) is 6.45. The molecule has 4 rings (SSSR count). The average molecular weight is 547 g/mol. The number of halogens is 1. The number of esters is 1. The summed E-state index contributed by atoms with van der Waals surface area (Å²) in [4.78, 5) is 28.7. The molecule has 198 valence electrons. The van der Waals surface area contributed by atoms with Crippen LogP contribution in [0, 0.1) is 5.82 Å². The Bertz CT molecular complexity index is 1140. The lowest BCUT2D eigenvalue weighted by Gasteiger charge is -2.35. The molecule has 10 heteroatoms. The fourth-order valence-electron chi connectivity index (χ4n) is 4.56. The lowest BCUT2D eigenvalue weighted by atomic mass is 9.91. The summed E-state index contributed by atoms with van der Waals surface area (Å²) in [5, 5.41) is 26.7. The highest BCUT2D eigenvalue weighted by atomic mass is 32.1. The molecule has 0 unspecified atom stereocenters. The second kappa shape index (κ2) is 12.3. The molecule has 1 saturated carbocycles. The van der Waals surface area contributed by atoms with E-state index in [9.17, 15) is 19.1 Å². The molecular formula is C27H31FN2O5S2. The normalized spacial score (nSPS) is 18.1. The summed E-state index contributed by atoms with van der Waals surface area (Å²) in [6.45, 7) is 0.245. The average Bonchev–Trinajstić information content (AvgIpc) is 3.64. The second-order valence-electron chi connectivity index (χ2n) is 9.25. The molecule has 0 radical (unpaired) electrons. The number of nitrogens with one attached hydrogen (secondary N) is 1. The van der Waals surface area contributed by atoms with Crippen molar-refractivity contribution >= 4 is 40.2 Å². The Kier molecular flexibility index (Phi) is 9.09. The molecule has 1 aliphatic rings. The lowest BCUT2D eigenvalue weighted by Crippen LogP contribution is -2.42. The zero-order valence-electron chi connectivity index (χ0n) is 20.6. The first kappa shape index (κ1) is 27.4. The quantitative estimate of drug-likeness (QED) is 0.324. The van der Waals surface area contributed by atoms with E-state index in [-0.39, 0.29) is 36.8 Å². The Morgan fingerprint density at radius 1 is 1.11 bits per heavy atom. The maximum atomic E-state index is 14.1. The molecule has 0 spiro atoms. The number of carbonyl (C=O) groups excluding carboxylic acids is 2. The monoisotopic (exact) mass is 546 g/mol. The van der Waals surface area contributed by atoms with E-state index in [4.69, 9.17) is 9.84 Å². The zero-order valence-corrected chi connectivity index (χ0v) is 22.2. The van der Waals surface area contributed by atoms with Crippen molar-refractivity contribution in [3.05, 3.63) is 74.4 Å². The van der Waals surface area contributed by atoms with Crippen LogP contribution in [-0.2, 0) is 26.5 Å². The first-order valence-electron chi connectivity index (χ1n) is 12.2. The molecule has 1 aromatic carbocycles. The number of aliphatic hydroxyl groups is 2. The third-order valence-corrected chi connectivity index (χ3v) is 8.73. The lowest BCUT2D eigenvalue weighted by molar-refractivity contribution is -0.169. The van der Waals surface area contributed by atoms with Crippen molar-refractivity contribution in [2.24, 2.45) is 0 Å². The molecule has 7 nitrogen and oxygen atoms in total. The van der Waals surface area contributed by atoms with Gasteiger partial charge in [-0.05, 0) is 73.3 Å². The van der Waals surface area contributed by atoms with Gasteiger partial charge in [-0.3, -0.25) is 4.79 Å². The predicted molar refractivity (Wildman–Crippen MR) is 142 cm³/mol. The summed E-state index contributed by atoms with van der Waals surface area (Å²) in [6.07, 6.45) is 2.85. The van der Waals surface area contributed by atoms with Crippen LogP contribution in [0.4, 0.5) is 10.1 Å². The van der Waals surface area contributed by atoms with E-state index in [0.29, 0.717) is 34.7 Å². The summed E-state index contributed by atoms with van der Waals surface area (Å²) in [5.74, 6) is -1.51. The molecular weight excluding hydrogens is 515 g/mol. The Hall–Kier alpha value is -2.63. The van der Waals surface area contributed by atoms with Gasteiger partial charge in [-0.2, -0.15) is 0 Å². The van der Waals surface area contributed by atoms with E-state index in [0.717, 1.165) is 12.8 Å². The number of aliphatic hydroxyl groups excluding tert-OH is 1. The van der Waals surface area contributed by atoms with Crippen molar-refractivity contribution in [2.45, 2.75) is 56.5 Å². The van der Waals surface area contributed by atoms with Crippen LogP contribution < -0.4 is 5.32 Å². The minimum Gasteiger partial charge on any atom is -0.460 e. The summed E-state index contributed by atoms with van der Waals surface area (Å²) in [7, 11) is 1.95. The van der Waals surface area contributed by atoms with Gasteiger partial charge in [-0.15, -0.1) is 22.7 Å². The number of carbonyl (C=O) groups is 2. The number of amides is 1. The number of hydrogen-bond donors (Lipinski definition) is 3. The van der Waals surface area contributed by atoms with E-state index in [1.807, 2.05) is 17.8 Å². The Labute approximate surface area is 223 Å². The van der Waals surface area contributed by atoms with Gasteiger partial charge in [0.15, 0.2) is 0 Å². The number of ether oxygens (including phenoxy) is 1. The fraction of sp³-hybridized carbons (Fsp3) is 0.407. The minimum absolute atomic E-state index is 0.0947. The standard InChI is InChI=1S/C27H31FN2O5S2/c1-30(13-12-25(32)29-22-11-6-18(17-31)16-21(22)28)19-7-9-20(10-8-19)35-26(33)27(34,23-4-2-14-36-23)24-5-3-15-37-24/h2-6,11,14-16,19-20,31,34H,7-10,12-13,17H2,1H3,(H,29,32)/t19-,20-. The Morgan fingerprint density at radius 3 is 2.30 bits per heavy atom. The van der Waals surface area contributed by atoms with Crippen molar-refractivity contribution in [1.29, 1.82) is 0 Å².